The minimum absolute atomic E-state index is 0.992. The van der Waals surface area contributed by atoms with Gasteiger partial charge in [-0.3, -0.25) is 0 Å². The second-order valence-corrected chi connectivity index (χ2v) is 6.01. The summed E-state index contributed by atoms with van der Waals surface area (Å²) in [6.07, 6.45) is 3.09. The summed E-state index contributed by atoms with van der Waals surface area (Å²) in [5.41, 5.74) is -1.47. The Hall–Kier alpha value is -1.15. The molecule has 0 saturated heterocycles. The fourth-order valence-electron chi connectivity index (χ4n) is 2.12. The van der Waals surface area contributed by atoms with E-state index < -0.39 is 15.6 Å². The molecule has 1 heterocycles. The highest BCUT2D eigenvalue weighted by molar-refractivity contribution is 7.86. The molecule has 1 aromatic rings. The van der Waals surface area contributed by atoms with E-state index in [0.717, 1.165) is 30.8 Å². The molecular formula is C14H21F3O4S. The Morgan fingerprint density at radius 1 is 0.955 bits per heavy atom. The van der Waals surface area contributed by atoms with Crippen molar-refractivity contribution in [2.24, 2.45) is 0 Å². The van der Waals surface area contributed by atoms with Crippen molar-refractivity contribution in [1.82, 2.24) is 0 Å². The van der Waals surface area contributed by atoms with Gasteiger partial charge in [-0.25, -0.2) is 12.8 Å². The van der Waals surface area contributed by atoms with Gasteiger partial charge in [0.2, 0.25) is 0 Å². The number of halogens is 3. The zero-order valence-corrected chi connectivity index (χ0v) is 14.1. The molecule has 0 radical (unpaired) electrons. The molecule has 0 aliphatic rings. The molecule has 0 aliphatic carbocycles. The molecule has 0 aliphatic heterocycles. The Bertz CT molecular complexity index is 579. The largest absolute Gasteiger partial charge is 0.741 e. The van der Waals surface area contributed by atoms with Crippen molar-refractivity contribution < 1.29 is 30.6 Å². The number of hydrogen-bond acceptors (Lipinski definition) is 3. The third kappa shape index (κ3) is 5.24. The smallest absolute Gasteiger partial charge is 0.485 e. The highest BCUT2D eigenvalue weighted by Gasteiger charge is 2.36. The SMILES string of the molecule is O=S(=O)([O-])C(F)(F)F.[13CH3]C[13c]1c([13CH3])[13c]([13CH2][13CH3])[o+][13c]([13CH2][13CH3])c1[13CH3]. The van der Waals surface area contributed by atoms with Gasteiger partial charge in [-0.2, -0.15) is 13.2 Å². The van der Waals surface area contributed by atoms with E-state index in [4.69, 9.17) is 17.4 Å². The van der Waals surface area contributed by atoms with Crippen molar-refractivity contribution in [3.05, 3.63) is 28.2 Å². The minimum Gasteiger partial charge on any atom is -0.741 e. The van der Waals surface area contributed by atoms with Crippen molar-refractivity contribution in [2.45, 2.75) is 59.4 Å². The molecule has 0 spiro atoms. The number of hydrogen-bond donors (Lipinski definition) is 0. The summed E-state index contributed by atoms with van der Waals surface area (Å²) in [6.45, 7) is 10.9. The van der Waals surface area contributed by atoms with Crippen molar-refractivity contribution in [1.29, 1.82) is 0 Å². The highest BCUT2D eigenvalue weighted by Crippen LogP contribution is 2.24. The Kier molecular flexibility index (Phi) is 7.50. The summed E-state index contributed by atoms with van der Waals surface area (Å²) < 4.78 is 64.8. The lowest BCUT2D eigenvalue weighted by Gasteiger charge is -2.08. The van der Waals surface area contributed by atoms with E-state index in [0.29, 0.717) is 0 Å². The third-order valence-electron chi connectivity index (χ3n) is 3.27. The van der Waals surface area contributed by atoms with Crippen LogP contribution in [0.1, 0.15) is 49.0 Å². The first-order chi connectivity index (χ1) is 9.90. The van der Waals surface area contributed by atoms with Crippen LogP contribution in [0.4, 0.5) is 13.2 Å². The average Bonchev–Trinajstić information content (AvgIpc) is 2.38. The summed E-state index contributed by atoms with van der Waals surface area (Å²) >= 11 is 0. The van der Waals surface area contributed by atoms with Gasteiger partial charge in [-0.1, -0.05) is 20.8 Å². The van der Waals surface area contributed by atoms with Gasteiger partial charge < -0.3 is 4.55 Å². The molecule has 0 atom stereocenters. The second kappa shape index (κ2) is 7.92. The van der Waals surface area contributed by atoms with Gasteiger partial charge in [0, 0.05) is 0 Å². The Labute approximate surface area is 129 Å². The van der Waals surface area contributed by atoms with E-state index in [2.05, 4.69) is 34.6 Å². The predicted octanol–water partition coefficient (Wildman–Crippen LogP) is 3.92. The van der Waals surface area contributed by atoms with Crippen LogP contribution in [0.2, 0.25) is 0 Å². The summed E-state index contributed by atoms with van der Waals surface area (Å²) in [6, 6.07) is 0. The van der Waals surface area contributed by atoms with E-state index in [-0.39, 0.29) is 0 Å². The zero-order chi connectivity index (χ0) is 17.7. The highest BCUT2D eigenvalue weighted by atomic mass is 32.2. The molecule has 1 rings (SSSR count). The molecule has 0 aromatic carbocycles. The second-order valence-electron chi connectivity index (χ2n) is 4.64. The summed E-state index contributed by atoms with van der Waals surface area (Å²) in [4.78, 5) is 0. The Morgan fingerprint density at radius 3 is 1.45 bits per heavy atom. The number of aryl methyl sites for hydroxylation is 2. The third-order valence-corrected chi connectivity index (χ3v) is 3.83. The molecule has 0 unspecified atom stereocenters. The molecule has 4 nitrogen and oxygen atoms in total. The normalized spacial score (nSPS) is 11.9. The molecule has 128 valence electrons. The fourth-order valence-corrected chi connectivity index (χ4v) is 2.12. The molecule has 0 bridgehead atoms. The summed E-state index contributed by atoms with van der Waals surface area (Å²) in [5, 5.41) is 0. The minimum atomic E-state index is -6.09. The fraction of sp³-hybridized carbons (Fsp3) is 0.643. The maximum Gasteiger partial charge on any atom is 0.485 e. The van der Waals surface area contributed by atoms with Gasteiger partial charge in [0.05, 0.1) is 24.0 Å². The molecule has 0 saturated carbocycles. The average molecular weight is 352 g/mol. The van der Waals surface area contributed by atoms with Crippen molar-refractivity contribution in [2.75, 3.05) is 0 Å². The van der Waals surface area contributed by atoms with Crippen LogP contribution in [0.3, 0.4) is 0 Å². The Balaban J connectivity index is 0.000000472. The van der Waals surface area contributed by atoms with Gasteiger partial charge in [-0.05, 0) is 25.8 Å². The van der Waals surface area contributed by atoms with Crippen LogP contribution in [-0.2, 0) is 29.4 Å². The molecule has 8 heteroatoms. The molecular weight excluding hydrogens is 331 g/mol. The number of rotatable bonds is 3. The van der Waals surface area contributed by atoms with Crippen LogP contribution in [0, 0.1) is 13.8 Å². The Morgan fingerprint density at radius 2 is 1.27 bits per heavy atom. The van der Waals surface area contributed by atoms with E-state index in [9.17, 15) is 13.2 Å². The van der Waals surface area contributed by atoms with Crippen LogP contribution < -0.4 is 0 Å². The van der Waals surface area contributed by atoms with Crippen LogP contribution in [-0.4, -0.2) is 18.5 Å². The molecule has 22 heavy (non-hydrogen) atoms. The van der Waals surface area contributed by atoms with Gasteiger partial charge in [0.25, 0.3) is 0 Å². The van der Waals surface area contributed by atoms with Gasteiger partial charge in [0.15, 0.2) is 10.1 Å². The van der Waals surface area contributed by atoms with E-state index in [1.54, 1.807) is 0 Å². The lowest BCUT2D eigenvalue weighted by Crippen LogP contribution is -2.21. The van der Waals surface area contributed by atoms with Crippen LogP contribution >= 0.6 is 0 Å². The van der Waals surface area contributed by atoms with Crippen molar-refractivity contribution >= 4 is 10.1 Å². The molecule has 1 aromatic heterocycles. The summed E-state index contributed by atoms with van der Waals surface area (Å²) in [5.74, 6) is 2.31. The lowest BCUT2D eigenvalue weighted by molar-refractivity contribution is -0.0517. The lowest BCUT2D eigenvalue weighted by atomic mass is 10.5. The predicted molar refractivity (Wildman–Crippen MR) is 76.5 cm³/mol. The van der Waals surface area contributed by atoms with E-state index >= 15 is 0 Å². The monoisotopic (exact) mass is 352 g/mol. The standard InChI is InChI=1S/C13H21O.CHF3O3S/c1-6-11-9(4)12(7-2)14-13(8-3)10(11)5;2-1(3,4)8(5,6)7/h6-8H2,1-5H3;(H,5,6,7)/q+1;/p-1/i1+1,2+1,3+1,4+1,5+1,7+1,8+1,11+1,12+1,13+1;. The first-order valence-electron chi connectivity index (χ1n) is 6.86. The van der Waals surface area contributed by atoms with E-state index in [1.165, 1.54) is 16.7 Å². The molecule has 0 amide bonds. The maximum absolute atomic E-state index is 10.7. The van der Waals surface area contributed by atoms with E-state index in [1.807, 2.05) is 0 Å². The van der Waals surface area contributed by atoms with Crippen LogP contribution in [0.5, 0.6) is 0 Å². The topological polar surface area (TPSA) is 68.5 Å². The van der Waals surface area contributed by atoms with Crippen LogP contribution in [0.15, 0.2) is 4.42 Å². The van der Waals surface area contributed by atoms with Gasteiger partial charge in [-0.15, -0.1) is 0 Å². The first kappa shape index (κ1) is 20.9. The first-order valence-corrected chi connectivity index (χ1v) is 8.27. The quantitative estimate of drug-likeness (QED) is 0.358. The van der Waals surface area contributed by atoms with Crippen LogP contribution in [0.25, 0.3) is 0 Å². The zero-order valence-electron chi connectivity index (χ0n) is 13.3. The van der Waals surface area contributed by atoms with Gasteiger partial charge >= 0.3 is 17.0 Å². The maximum atomic E-state index is 10.7. The molecule has 0 fully saturated rings. The number of alkyl halides is 3. The van der Waals surface area contributed by atoms with Crippen molar-refractivity contribution in [3.63, 3.8) is 0 Å². The molecule has 0 N–H and O–H groups in total. The van der Waals surface area contributed by atoms with Gasteiger partial charge in [0.1, 0.15) is 0 Å². The summed E-state index contributed by atoms with van der Waals surface area (Å²) in [7, 11) is -6.09. The van der Waals surface area contributed by atoms with Crippen molar-refractivity contribution in [3.8, 4) is 0 Å².